The molecule has 140 valence electrons. The Labute approximate surface area is 158 Å². The maximum atomic E-state index is 13.2. The molecule has 0 bridgehead atoms. The Kier molecular flexibility index (Phi) is 5.98. The maximum Gasteiger partial charge on any atom is 0.272 e. The van der Waals surface area contributed by atoms with Gasteiger partial charge in [0.05, 0.1) is 11.7 Å². The van der Waals surface area contributed by atoms with Crippen LogP contribution in [0.25, 0.3) is 11.3 Å². The van der Waals surface area contributed by atoms with Crippen LogP contribution in [0.5, 0.6) is 0 Å². The second kappa shape index (κ2) is 8.22. The molecular weight excluding hydrogens is 351 g/mol. The number of benzene rings is 1. The van der Waals surface area contributed by atoms with E-state index >= 15 is 0 Å². The van der Waals surface area contributed by atoms with Crippen molar-refractivity contribution in [3.63, 3.8) is 0 Å². The molecular formula is C19H25FN4OS. The Morgan fingerprint density at radius 2 is 2.08 bits per heavy atom. The van der Waals surface area contributed by atoms with E-state index in [2.05, 4.69) is 10.00 Å². The number of carbonyl (C=O) groups excluding carboxylic acids is 1. The van der Waals surface area contributed by atoms with Gasteiger partial charge in [-0.3, -0.25) is 9.48 Å². The Morgan fingerprint density at radius 3 is 2.77 bits per heavy atom. The molecule has 0 aliphatic carbocycles. The third kappa shape index (κ3) is 4.27. The molecule has 1 aromatic carbocycles. The number of halogens is 1. The molecule has 2 aromatic rings. The molecule has 3 rings (SSSR count). The molecule has 5 nitrogen and oxygen atoms in total. The molecule has 26 heavy (non-hydrogen) atoms. The van der Waals surface area contributed by atoms with E-state index in [1.54, 1.807) is 29.9 Å². The third-order valence-corrected chi connectivity index (χ3v) is 5.71. The number of aryl methyl sites for hydroxylation is 1. The second-order valence-corrected chi connectivity index (χ2v) is 8.04. The fourth-order valence-electron chi connectivity index (χ4n) is 3.25. The van der Waals surface area contributed by atoms with Gasteiger partial charge < -0.3 is 9.80 Å². The van der Waals surface area contributed by atoms with Crippen molar-refractivity contribution in [1.29, 1.82) is 0 Å². The second-order valence-electron chi connectivity index (χ2n) is 6.89. The summed E-state index contributed by atoms with van der Waals surface area (Å²) in [6, 6.07) is 8.18. The molecule has 1 fully saturated rings. The van der Waals surface area contributed by atoms with Gasteiger partial charge >= 0.3 is 0 Å². The van der Waals surface area contributed by atoms with Crippen molar-refractivity contribution in [2.24, 2.45) is 7.05 Å². The van der Waals surface area contributed by atoms with Crippen molar-refractivity contribution < 1.29 is 9.18 Å². The number of nitrogens with zero attached hydrogens (tertiary/aromatic N) is 4. The van der Waals surface area contributed by atoms with Crippen LogP contribution in [-0.4, -0.2) is 70.2 Å². The minimum absolute atomic E-state index is 0.0164. The summed E-state index contributed by atoms with van der Waals surface area (Å²) in [5.74, 6) is 1.77. The van der Waals surface area contributed by atoms with Crippen LogP contribution in [0.4, 0.5) is 4.39 Å². The van der Waals surface area contributed by atoms with E-state index in [1.165, 1.54) is 12.1 Å². The lowest BCUT2D eigenvalue weighted by molar-refractivity contribution is 0.0664. The summed E-state index contributed by atoms with van der Waals surface area (Å²) in [5, 5.41) is 4.47. The van der Waals surface area contributed by atoms with Crippen LogP contribution in [0.15, 0.2) is 30.3 Å². The monoisotopic (exact) mass is 376 g/mol. The molecule has 1 atom stereocenters. The first-order chi connectivity index (χ1) is 12.5. The van der Waals surface area contributed by atoms with Gasteiger partial charge in [0.15, 0.2) is 0 Å². The largest absolute Gasteiger partial charge is 0.332 e. The van der Waals surface area contributed by atoms with Crippen molar-refractivity contribution in [2.75, 3.05) is 38.7 Å². The highest BCUT2D eigenvalue weighted by molar-refractivity contribution is 7.99. The van der Waals surface area contributed by atoms with Gasteiger partial charge in [0.25, 0.3) is 5.91 Å². The Hall–Kier alpha value is -1.86. The summed E-state index contributed by atoms with van der Waals surface area (Å²) in [6.07, 6.45) is 1.00. The lowest BCUT2D eigenvalue weighted by Gasteiger charge is -2.31. The molecule has 1 aliphatic heterocycles. The number of hydrogen-bond donors (Lipinski definition) is 0. The predicted octanol–water partition coefficient (Wildman–Crippen LogP) is 2.74. The number of rotatable bonds is 4. The molecule has 0 N–H and O–H groups in total. The third-order valence-electron chi connectivity index (χ3n) is 4.51. The quantitative estimate of drug-likeness (QED) is 0.823. The van der Waals surface area contributed by atoms with Crippen molar-refractivity contribution in [3.8, 4) is 11.3 Å². The number of likely N-dealkylation sites (N-methyl/N-ethyl adjacent to an activating group) is 1. The van der Waals surface area contributed by atoms with E-state index in [9.17, 15) is 9.18 Å². The van der Waals surface area contributed by atoms with E-state index in [0.717, 1.165) is 36.6 Å². The van der Waals surface area contributed by atoms with Crippen molar-refractivity contribution in [1.82, 2.24) is 19.6 Å². The summed E-state index contributed by atoms with van der Waals surface area (Å²) in [6.45, 7) is 1.61. The zero-order valence-corrected chi connectivity index (χ0v) is 16.3. The summed E-state index contributed by atoms with van der Waals surface area (Å²) in [7, 11) is 5.86. The van der Waals surface area contributed by atoms with Gasteiger partial charge in [0, 0.05) is 31.5 Å². The molecule has 1 amide bonds. The van der Waals surface area contributed by atoms with E-state index in [-0.39, 0.29) is 17.8 Å². The first kappa shape index (κ1) is 18.9. The molecule has 0 radical (unpaired) electrons. The maximum absolute atomic E-state index is 13.2. The fourth-order valence-corrected chi connectivity index (χ4v) is 4.30. The van der Waals surface area contributed by atoms with Gasteiger partial charge in [0.2, 0.25) is 0 Å². The smallest absolute Gasteiger partial charge is 0.272 e. The van der Waals surface area contributed by atoms with Gasteiger partial charge in [0.1, 0.15) is 11.5 Å². The highest BCUT2D eigenvalue weighted by atomic mass is 32.2. The molecule has 7 heteroatoms. The standard InChI is InChI=1S/C19H25FN4OS/c1-22(2)12-16-13-26-10-4-9-24(16)19(25)18-11-17(21-23(18)3)14-5-7-15(20)8-6-14/h5-8,11,16H,4,9-10,12-13H2,1-3H3/t16-/m0/s1. The van der Waals surface area contributed by atoms with Crippen LogP contribution in [0, 0.1) is 5.82 Å². The molecule has 2 heterocycles. The van der Waals surface area contributed by atoms with Crippen LogP contribution < -0.4 is 0 Å². The lowest BCUT2D eigenvalue weighted by Crippen LogP contribution is -2.47. The summed E-state index contributed by atoms with van der Waals surface area (Å²) in [4.78, 5) is 17.4. The molecule has 1 saturated heterocycles. The number of aromatic nitrogens is 2. The van der Waals surface area contributed by atoms with Crippen LogP contribution in [0.2, 0.25) is 0 Å². The highest BCUT2D eigenvalue weighted by Gasteiger charge is 2.29. The summed E-state index contributed by atoms with van der Waals surface area (Å²) in [5.41, 5.74) is 2.06. The van der Waals surface area contributed by atoms with Gasteiger partial charge in [-0.25, -0.2) is 4.39 Å². The summed E-state index contributed by atoms with van der Waals surface area (Å²) < 4.78 is 14.8. The number of thioether (sulfide) groups is 1. The van der Waals surface area contributed by atoms with Gasteiger partial charge in [-0.2, -0.15) is 16.9 Å². The van der Waals surface area contributed by atoms with Gasteiger partial charge in [-0.05, 0) is 56.6 Å². The first-order valence-corrected chi connectivity index (χ1v) is 9.94. The molecule has 1 aromatic heterocycles. The van der Waals surface area contributed by atoms with Gasteiger partial charge in [-0.1, -0.05) is 0 Å². The first-order valence-electron chi connectivity index (χ1n) is 8.79. The Bertz CT molecular complexity index is 759. The van der Waals surface area contributed by atoms with Crippen molar-refractivity contribution >= 4 is 17.7 Å². The zero-order valence-electron chi connectivity index (χ0n) is 15.5. The van der Waals surface area contributed by atoms with Gasteiger partial charge in [-0.15, -0.1) is 0 Å². The minimum Gasteiger partial charge on any atom is -0.332 e. The average Bonchev–Trinajstić information content (AvgIpc) is 2.84. The normalized spacial score (nSPS) is 18.2. The zero-order chi connectivity index (χ0) is 18.7. The number of hydrogen-bond acceptors (Lipinski definition) is 4. The van der Waals surface area contributed by atoms with Crippen molar-refractivity contribution in [3.05, 3.63) is 41.8 Å². The Morgan fingerprint density at radius 1 is 1.35 bits per heavy atom. The molecule has 1 aliphatic rings. The topological polar surface area (TPSA) is 41.4 Å². The number of amides is 1. The molecule has 0 saturated carbocycles. The van der Waals surface area contributed by atoms with Crippen LogP contribution >= 0.6 is 11.8 Å². The molecule has 0 unspecified atom stereocenters. The lowest BCUT2D eigenvalue weighted by atomic mass is 10.1. The minimum atomic E-state index is -0.283. The van der Waals surface area contributed by atoms with Crippen LogP contribution in [-0.2, 0) is 7.05 Å². The van der Waals surface area contributed by atoms with E-state index in [1.807, 2.05) is 30.8 Å². The Balaban J connectivity index is 1.87. The van der Waals surface area contributed by atoms with E-state index in [4.69, 9.17) is 0 Å². The summed E-state index contributed by atoms with van der Waals surface area (Å²) >= 11 is 1.91. The van der Waals surface area contributed by atoms with E-state index < -0.39 is 0 Å². The molecule has 0 spiro atoms. The van der Waals surface area contributed by atoms with Crippen LogP contribution in [0.3, 0.4) is 0 Å². The SMILES string of the molecule is CN(C)C[C@H]1CSCCCN1C(=O)c1cc(-c2ccc(F)cc2)nn1C. The fraction of sp³-hybridized carbons (Fsp3) is 0.474. The average molecular weight is 377 g/mol. The predicted molar refractivity (Wildman–Crippen MR) is 104 cm³/mol. The van der Waals surface area contributed by atoms with Crippen molar-refractivity contribution in [2.45, 2.75) is 12.5 Å². The highest BCUT2D eigenvalue weighted by Crippen LogP contribution is 2.23. The van der Waals surface area contributed by atoms with E-state index in [0.29, 0.717) is 11.4 Å². The number of carbonyl (C=O) groups is 1. The van der Waals surface area contributed by atoms with Crippen LogP contribution in [0.1, 0.15) is 16.9 Å².